The van der Waals surface area contributed by atoms with E-state index in [1.165, 1.54) is 18.2 Å². The lowest BCUT2D eigenvalue weighted by Crippen LogP contribution is -2.14. The van der Waals surface area contributed by atoms with Gasteiger partial charge in [0.1, 0.15) is 11.6 Å². The normalized spacial score (nSPS) is 11.3. The summed E-state index contributed by atoms with van der Waals surface area (Å²) in [6.45, 7) is 4.98. The Hall–Kier alpha value is -4.26. The van der Waals surface area contributed by atoms with Gasteiger partial charge in [-0.2, -0.15) is 18.4 Å². The predicted molar refractivity (Wildman–Crippen MR) is 118 cm³/mol. The van der Waals surface area contributed by atoms with E-state index in [0.29, 0.717) is 11.1 Å². The Balaban J connectivity index is 2.42. The van der Waals surface area contributed by atoms with E-state index < -0.39 is 30.2 Å². The fourth-order valence-electron chi connectivity index (χ4n) is 2.92. The second-order valence-electron chi connectivity index (χ2n) is 6.82. The molecule has 0 radical (unpaired) electrons. The number of carboxylic acids is 1. The number of carbonyl (C=O) groups excluding carboxylic acids is 1. The van der Waals surface area contributed by atoms with Gasteiger partial charge in [-0.05, 0) is 55.3 Å². The van der Waals surface area contributed by atoms with E-state index >= 15 is 0 Å². The van der Waals surface area contributed by atoms with Gasteiger partial charge in [-0.3, -0.25) is 4.79 Å². The average molecular weight is 474 g/mol. The molecule has 0 saturated carbocycles. The summed E-state index contributed by atoms with van der Waals surface area (Å²) >= 11 is 0. The van der Waals surface area contributed by atoms with Crippen LogP contribution in [0.3, 0.4) is 0 Å². The highest BCUT2D eigenvalue weighted by Crippen LogP contribution is 2.35. The van der Waals surface area contributed by atoms with E-state index in [2.05, 4.69) is 11.9 Å². The highest BCUT2D eigenvalue weighted by molar-refractivity contribution is 6.09. The number of ether oxygens (including phenoxy) is 2. The van der Waals surface area contributed by atoms with Gasteiger partial charge in [-0.1, -0.05) is 12.1 Å². The Bertz CT molecular complexity index is 1150. The number of halogens is 3. The van der Waals surface area contributed by atoms with Crippen molar-refractivity contribution >= 4 is 23.6 Å². The van der Waals surface area contributed by atoms with E-state index in [4.69, 9.17) is 14.6 Å². The zero-order chi connectivity index (χ0) is 25.3. The molecule has 2 aromatic rings. The van der Waals surface area contributed by atoms with E-state index in [1.54, 1.807) is 25.1 Å². The molecule has 10 heteroatoms. The number of nitriles is 1. The molecular formula is C24H21F3N2O5. The molecule has 0 fully saturated rings. The average Bonchev–Trinajstić information content (AvgIpc) is 2.76. The third-order valence-corrected chi connectivity index (χ3v) is 4.28. The minimum atomic E-state index is -4.59. The molecule has 2 rings (SSSR count). The number of allylic oxidation sites excluding steroid dienone is 1. The van der Waals surface area contributed by atoms with Gasteiger partial charge in [0.05, 0.1) is 12.2 Å². The van der Waals surface area contributed by atoms with Crippen molar-refractivity contribution in [1.29, 1.82) is 5.26 Å². The van der Waals surface area contributed by atoms with Gasteiger partial charge < -0.3 is 19.9 Å². The molecule has 0 spiro atoms. The van der Waals surface area contributed by atoms with Crippen LogP contribution in [0.5, 0.6) is 11.5 Å². The standard InChI is InChI=1S/C24H21F3N2O5/c1-3-6-16-9-15(11-20(33-4-2)22(16)34-14-21(30)31)10-17(13-28)23(32)29-19-8-5-7-18(12-19)24(25,26)27/h3,5,7-12H,1,4,6,14H2,2H3,(H,29,32)(H,30,31)/b17-10+. The first-order valence-electron chi connectivity index (χ1n) is 9.94. The van der Waals surface area contributed by atoms with Gasteiger partial charge in [0.25, 0.3) is 5.91 Å². The molecule has 0 atom stereocenters. The molecule has 2 aromatic carbocycles. The van der Waals surface area contributed by atoms with E-state index in [0.717, 1.165) is 18.2 Å². The maximum absolute atomic E-state index is 12.9. The second-order valence-corrected chi connectivity index (χ2v) is 6.82. The number of hydrogen-bond acceptors (Lipinski definition) is 5. The molecule has 0 aliphatic heterocycles. The zero-order valence-corrected chi connectivity index (χ0v) is 18.1. The lowest BCUT2D eigenvalue weighted by atomic mass is 10.0. The third kappa shape index (κ3) is 7.13. The van der Waals surface area contributed by atoms with Crippen LogP contribution in [0.2, 0.25) is 0 Å². The van der Waals surface area contributed by atoms with Gasteiger partial charge in [0.2, 0.25) is 0 Å². The summed E-state index contributed by atoms with van der Waals surface area (Å²) in [5, 5.41) is 20.7. The molecule has 7 nitrogen and oxygen atoms in total. The number of anilines is 1. The van der Waals surface area contributed by atoms with Crippen molar-refractivity contribution in [1.82, 2.24) is 0 Å². The molecule has 1 amide bonds. The van der Waals surface area contributed by atoms with E-state index in [1.807, 2.05) is 0 Å². The molecule has 0 aromatic heterocycles. The smallest absolute Gasteiger partial charge is 0.416 e. The molecule has 0 saturated heterocycles. The quantitative estimate of drug-likeness (QED) is 0.290. The molecule has 2 N–H and O–H groups in total. The number of aliphatic carboxylic acids is 1. The SMILES string of the molecule is C=CCc1cc(/C=C(\C#N)C(=O)Nc2cccc(C(F)(F)F)c2)cc(OCC)c1OCC(=O)O. The van der Waals surface area contributed by atoms with Gasteiger partial charge in [0, 0.05) is 11.3 Å². The Morgan fingerprint density at radius 3 is 2.56 bits per heavy atom. The summed E-state index contributed by atoms with van der Waals surface area (Å²) in [7, 11) is 0. The number of alkyl halides is 3. The number of benzene rings is 2. The summed E-state index contributed by atoms with van der Waals surface area (Å²) in [5.74, 6) is -1.71. The molecule has 0 bridgehead atoms. The molecular weight excluding hydrogens is 453 g/mol. The third-order valence-electron chi connectivity index (χ3n) is 4.28. The van der Waals surface area contributed by atoms with E-state index in [9.17, 15) is 28.0 Å². The zero-order valence-electron chi connectivity index (χ0n) is 18.1. The number of amides is 1. The summed E-state index contributed by atoms with van der Waals surface area (Å²) in [5.41, 5.74) is -0.577. The maximum atomic E-state index is 12.9. The van der Waals surface area contributed by atoms with Crippen LogP contribution in [0.15, 0.2) is 54.6 Å². The van der Waals surface area contributed by atoms with Crippen molar-refractivity contribution in [3.05, 3.63) is 71.3 Å². The maximum Gasteiger partial charge on any atom is 0.416 e. The lowest BCUT2D eigenvalue weighted by molar-refractivity contribution is -0.139. The Labute approximate surface area is 193 Å². The van der Waals surface area contributed by atoms with Gasteiger partial charge in [-0.15, -0.1) is 6.58 Å². The number of nitrogens with zero attached hydrogens (tertiary/aromatic N) is 1. The predicted octanol–water partition coefficient (Wildman–Crippen LogP) is 4.84. The number of carbonyl (C=O) groups is 2. The summed E-state index contributed by atoms with van der Waals surface area (Å²) in [4.78, 5) is 23.5. The first-order valence-corrected chi connectivity index (χ1v) is 9.94. The van der Waals surface area contributed by atoms with Crippen LogP contribution >= 0.6 is 0 Å². The van der Waals surface area contributed by atoms with Crippen LogP contribution in [0, 0.1) is 11.3 Å². The molecule has 0 aliphatic rings. The summed E-state index contributed by atoms with van der Waals surface area (Å²) in [6.07, 6.45) is -1.53. The van der Waals surface area contributed by atoms with Gasteiger partial charge >= 0.3 is 12.1 Å². The van der Waals surface area contributed by atoms with Crippen molar-refractivity contribution in [2.75, 3.05) is 18.5 Å². The monoisotopic (exact) mass is 474 g/mol. The van der Waals surface area contributed by atoms with Gasteiger partial charge in [0.15, 0.2) is 18.1 Å². The first kappa shape index (κ1) is 26.0. The van der Waals surface area contributed by atoms with Crippen LogP contribution in [0.1, 0.15) is 23.6 Å². The Morgan fingerprint density at radius 2 is 1.97 bits per heavy atom. The van der Waals surface area contributed by atoms with Crippen molar-refractivity contribution in [2.45, 2.75) is 19.5 Å². The Kier molecular flexibility index (Phi) is 8.84. The molecule has 0 unspecified atom stereocenters. The molecule has 34 heavy (non-hydrogen) atoms. The van der Waals surface area contributed by atoms with Crippen LogP contribution in [0.4, 0.5) is 18.9 Å². The number of rotatable bonds is 10. The minimum absolute atomic E-state index is 0.124. The van der Waals surface area contributed by atoms with Crippen molar-refractivity contribution < 1.29 is 37.3 Å². The summed E-state index contributed by atoms with van der Waals surface area (Å²) in [6, 6.07) is 8.79. The van der Waals surface area contributed by atoms with Crippen LogP contribution in [-0.2, 0) is 22.2 Å². The highest BCUT2D eigenvalue weighted by Gasteiger charge is 2.30. The fraction of sp³-hybridized carbons (Fsp3) is 0.208. The topological polar surface area (TPSA) is 109 Å². The number of hydrogen-bond donors (Lipinski definition) is 2. The van der Waals surface area contributed by atoms with Crippen molar-refractivity contribution in [3.63, 3.8) is 0 Å². The first-order chi connectivity index (χ1) is 16.1. The minimum Gasteiger partial charge on any atom is -0.490 e. The fourth-order valence-corrected chi connectivity index (χ4v) is 2.92. The van der Waals surface area contributed by atoms with Crippen molar-refractivity contribution in [2.24, 2.45) is 0 Å². The number of carboxylic acid groups (broad SMARTS) is 1. The van der Waals surface area contributed by atoms with Crippen LogP contribution < -0.4 is 14.8 Å². The molecule has 0 aliphatic carbocycles. The van der Waals surface area contributed by atoms with Gasteiger partial charge in [-0.25, -0.2) is 4.79 Å². The second kappa shape index (κ2) is 11.6. The summed E-state index contributed by atoms with van der Waals surface area (Å²) < 4.78 is 49.6. The largest absolute Gasteiger partial charge is 0.490 e. The Morgan fingerprint density at radius 1 is 1.24 bits per heavy atom. The van der Waals surface area contributed by atoms with Crippen LogP contribution in [-0.4, -0.2) is 30.2 Å². The lowest BCUT2D eigenvalue weighted by Gasteiger charge is -2.16. The van der Waals surface area contributed by atoms with E-state index in [-0.39, 0.29) is 35.8 Å². The molecule has 0 heterocycles. The van der Waals surface area contributed by atoms with Crippen molar-refractivity contribution in [3.8, 4) is 17.6 Å². The molecule has 178 valence electrons. The van der Waals surface area contributed by atoms with Crippen LogP contribution in [0.25, 0.3) is 6.08 Å². The number of nitrogens with one attached hydrogen (secondary N) is 1. The highest BCUT2D eigenvalue weighted by atomic mass is 19.4.